The Bertz CT molecular complexity index is 308. The third kappa shape index (κ3) is 2.80. The van der Waals surface area contributed by atoms with E-state index in [9.17, 15) is 0 Å². The lowest BCUT2D eigenvalue weighted by atomic mass is 9.58. The molecule has 2 aliphatic rings. The zero-order chi connectivity index (χ0) is 13.9. The number of hydrogen-bond donors (Lipinski definition) is 2. The van der Waals surface area contributed by atoms with Crippen molar-refractivity contribution in [3.8, 4) is 0 Å². The van der Waals surface area contributed by atoms with Gasteiger partial charge in [-0.05, 0) is 37.5 Å². The quantitative estimate of drug-likeness (QED) is 0.777. The third-order valence-electron chi connectivity index (χ3n) is 5.31. The molecule has 0 aromatic heterocycles. The molecule has 19 heavy (non-hydrogen) atoms. The van der Waals surface area contributed by atoms with Crippen molar-refractivity contribution in [3.63, 3.8) is 0 Å². The summed E-state index contributed by atoms with van der Waals surface area (Å²) in [6.45, 7) is 0. The molecule has 2 saturated carbocycles. The van der Waals surface area contributed by atoms with E-state index in [1.54, 1.807) is 0 Å². The van der Waals surface area contributed by atoms with E-state index in [1.807, 2.05) is 0 Å². The molecule has 2 aliphatic carbocycles. The highest BCUT2D eigenvalue weighted by Crippen LogP contribution is 2.49. The summed E-state index contributed by atoms with van der Waals surface area (Å²) in [5, 5.41) is 0. The highest BCUT2D eigenvalue weighted by Gasteiger charge is 2.50. The highest BCUT2D eigenvalue weighted by atomic mass is 32.1. The van der Waals surface area contributed by atoms with Gasteiger partial charge < -0.3 is 11.5 Å². The topological polar surface area (TPSA) is 52.0 Å². The van der Waals surface area contributed by atoms with E-state index in [2.05, 4.69) is 0 Å². The van der Waals surface area contributed by atoms with Crippen molar-refractivity contribution >= 4 is 34.4 Å². The van der Waals surface area contributed by atoms with Crippen molar-refractivity contribution in [1.29, 1.82) is 0 Å². The van der Waals surface area contributed by atoms with Crippen LogP contribution in [0.1, 0.15) is 64.2 Å². The summed E-state index contributed by atoms with van der Waals surface area (Å²) in [5.41, 5.74) is 12.1. The minimum Gasteiger partial charge on any atom is -0.392 e. The fraction of sp³-hybridized carbons (Fsp3) is 0.867. The molecule has 0 radical (unpaired) electrons. The summed E-state index contributed by atoms with van der Waals surface area (Å²) in [7, 11) is 0. The van der Waals surface area contributed by atoms with E-state index in [1.165, 1.54) is 64.2 Å². The van der Waals surface area contributed by atoms with Crippen LogP contribution in [0.25, 0.3) is 0 Å². The predicted octanol–water partition coefficient (Wildman–Crippen LogP) is 3.71. The van der Waals surface area contributed by atoms with Gasteiger partial charge in [0.05, 0.1) is 15.4 Å². The lowest BCUT2D eigenvalue weighted by Crippen LogP contribution is -2.56. The largest absolute Gasteiger partial charge is 0.392 e. The molecule has 0 spiro atoms. The van der Waals surface area contributed by atoms with Crippen LogP contribution < -0.4 is 11.5 Å². The Morgan fingerprint density at radius 1 is 0.684 bits per heavy atom. The monoisotopic (exact) mass is 298 g/mol. The van der Waals surface area contributed by atoms with Gasteiger partial charge in [-0.25, -0.2) is 0 Å². The van der Waals surface area contributed by atoms with Crippen molar-refractivity contribution < 1.29 is 0 Å². The normalized spacial score (nSPS) is 23.2. The fourth-order valence-corrected chi connectivity index (χ4v) is 5.33. The van der Waals surface area contributed by atoms with Crippen LogP contribution in [0.15, 0.2) is 0 Å². The first-order valence-corrected chi connectivity index (χ1v) is 8.51. The molecule has 2 nitrogen and oxygen atoms in total. The van der Waals surface area contributed by atoms with E-state index in [0.29, 0.717) is 21.8 Å². The SMILES string of the molecule is NC(=S)C(C(N)=S)(C1CCCCC1)C1CCCCC1. The van der Waals surface area contributed by atoms with E-state index in [4.69, 9.17) is 35.9 Å². The van der Waals surface area contributed by atoms with Crippen molar-refractivity contribution in [3.05, 3.63) is 0 Å². The molecular weight excluding hydrogens is 272 g/mol. The molecule has 0 aliphatic heterocycles. The molecular formula is C15H26N2S2. The summed E-state index contributed by atoms with van der Waals surface area (Å²) in [6.07, 6.45) is 12.5. The average Bonchev–Trinajstić information content (AvgIpc) is 2.41. The molecule has 2 rings (SSSR count). The molecule has 0 saturated heterocycles. The van der Waals surface area contributed by atoms with Gasteiger partial charge in [0.25, 0.3) is 0 Å². The average molecular weight is 299 g/mol. The fourth-order valence-electron chi connectivity index (χ4n) is 4.38. The van der Waals surface area contributed by atoms with E-state index in [-0.39, 0.29) is 5.41 Å². The number of nitrogens with two attached hydrogens (primary N) is 2. The molecule has 2 fully saturated rings. The van der Waals surface area contributed by atoms with Gasteiger partial charge in [-0.3, -0.25) is 0 Å². The molecule has 4 N–H and O–H groups in total. The van der Waals surface area contributed by atoms with E-state index < -0.39 is 0 Å². The van der Waals surface area contributed by atoms with Crippen LogP contribution in [0.4, 0.5) is 0 Å². The maximum Gasteiger partial charge on any atom is 0.0864 e. The van der Waals surface area contributed by atoms with Gasteiger partial charge in [-0.2, -0.15) is 0 Å². The first-order valence-electron chi connectivity index (χ1n) is 7.70. The summed E-state index contributed by atoms with van der Waals surface area (Å²) in [5.74, 6) is 0.971. The van der Waals surface area contributed by atoms with Gasteiger partial charge in [0.1, 0.15) is 0 Å². The van der Waals surface area contributed by atoms with Gasteiger partial charge in [0.15, 0.2) is 0 Å². The Hall–Kier alpha value is -0.220. The minimum atomic E-state index is -0.342. The minimum absolute atomic E-state index is 0.342. The molecule has 0 aromatic rings. The lowest BCUT2D eigenvalue weighted by Gasteiger charge is -2.48. The standard InChI is InChI=1S/C15H26N2S2/c16-13(18)15(14(17)19,11-7-3-1-4-8-11)12-9-5-2-6-10-12/h11-12H,1-10H2,(H2,16,18)(H2,17,19). The lowest BCUT2D eigenvalue weighted by molar-refractivity contribution is 0.151. The van der Waals surface area contributed by atoms with Gasteiger partial charge in [-0.1, -0.05) is 63.0 Å². The summed E-state index contributed by atoms with van der Waals surface area (Å²) in [6, 6.07) is 0. The Balaban J connectivity index is 2.33. The first kappa shape index (κ1) is 15.2. The smallest absolute Gasteiger partial charge is 0.0864 e. The van der Waals surface area contributed by atoms with Gasteiger partial charge in [0.2, 0.25) is 0 Å². The van der Waals surface area contributed by atoms with Crippen LogP contribution in [-0.2, 0) is 0 Å². The molecule has 0 bridgehead atoms. The third-order valence-corrected chi connectivity index (χ3v) is 5.99. The second-order valence-electron chi connectivity index (χ2n) is 6.27. The molecule has 4 heteroatoms. The highest BCUT2D eigenvalue weighted by molar-refractivity contribution is 7.82. The number of hydrogen-bond acceptors (Lipinski definition) is 2. The predicted molar refractivity (Wildman–Crippen MR) is 89.2 cm³/mol. The summed E-state index contributed by atoms with van der Waals surface area (Å²) < 4.78 is 0. The molecule has 0 heterocycles. The zero-order valence-electron chi connectivity index (χ0n) is 11.7. The van der Waals surface area contributed by atoms with E-state index in [0.717, 1.165) is 0 Å². The summed E-state index contributed by atoms with van der Waals surface area (Å²) >= 11 is 11.0. The number of rotatable bonds is 4. The van der Waals surface area contributed by atoms with Crippen LogP contribution in [-0.4, -0.2) is 9.98 Å². The first-order chi connectivity index (χ1) is 9.10. The second-order valence-corrected chi connectivity index (χ2v) is 7.15. The van der Waals surface area contributed by atoms with Gasteiger partial charge >= 0.3 is 0 Å². The zero-order valence-corrected chi connectivity index (χ0v) is 13.3. The molecule has 0 atom stereocenters. The Morgan fingerprint density at radius 2 is 1.00 bits per heavy atom. The van der Waals surface area contributed by atoms with Crippen LogP contribution in [0, 0.1) is 17.3 Å². The molecule has 0 amide bonds. The van der Waals surface area contributed by atoms with Crippen LogP contribution >= 0.6 is 24.4 Å². The van der Waals surface area contributed by atoms with Crippen LogP contribution in [0.2, 0.25) is 0 Å². The van der Waals surface area contributed by atoms with Crippen LogP contribution in [0.5, 0.6) is 0 Å². The second kappa shape index (κ2) is 6.49. The maximum absolute atomic E-state index is 6.20. The Labute approximate surface area is 127 Å². The van der Waals surface area contributed by atoms with Crippen molar-refractivity contribution in [1.82, 2.24) is 0 Å². The van der Waals surface area contributed by atoms with Gasteiger partial charge in [0, 0.05) is 0 Å². The Morgan fingerprint density at radius 3 is 1.26 bits per heavy atom. The molecule has 0 unspecified atom stereocenters. The van der Waals surface area contributed by atoms with Crippen molar-refractivity contribution in [2.75, 3.05) is 0 Å². The van der Waals surface area contributed by atoms with E-state index >= 15 is 0 Å². The van der Waals surface area contributed by atoms with Crippen molar-refractivity contribution in [2.45, 2.75) is 64.2 Å². The van der Waals surface area contributed by atoms with Crippen molar-refractivity contribution in [2.24, 2.45) is 28.7 Å². The van der Waals surface area contributed by atoms with Gasteiger partial charge in [-0.15, -0.1) is 0 Å². The van der Waals surface area contributed by atoms with Crippen LogP contribution in [0.3, 0.4) is 0 Å². The summed E-state index contributed by atoms with van der Waals surface area (Å²) in [4.78, 5) is 1.14. The molecule has 108 valence electrons. The maximum atomic E-state index is 6.20. The number of thiocarbonyl (C=S) groups is 2. The Kier molecular flexibility index (Phi) is 5.18. The molecule has 0 aromatic carbocycles.